The van der Waals surface area contributed by atoms with Gasteiger partial charge in [-0.15, -0.1) is 11.3 Å². The second kappa shape index (κ2) is 7.76. The van der Waals surface area contributed by atoms with E-state index in [1.165, 1.54) is 9.35 Å². The number of nitrogens with zero attached hydrogens (tertiary/aromatic N) is 1. The van der Waals surface area contributed by atoms with E-state index in [4.69, 9.17) is 4.74 Å². The average molecular weight is 355 g/mol. The van der Waals surface area contributed by atoms with Crippen LogP contribution < -0.4 is 10.1 Å². The third-order valence-electron chi connectivity index (χ3n) is 3.13. The van der Waals surface area contributed by atoms with Crippen LogP contribution in [0, 0.1) is 0 Å². The van der Waals surface area contributed by atoms with Crippen LogP contribution in [0.4, 0.5) is 0 Å². The molecular formula is C15H19BrN2OS. The average Bonchev–Trinajstić information content (AvgIpc) is 2.88. The van der Waals surface area contributed by atoms with Crippen molar-refractivity contribution in [3.8, 4) is 5.75 Å². The number of pyridine rings is 1. The van der Waals surface area contributed by atoms with Gasteiger partial charge in [-0.3, -0.25) is 4.98 Å². The van der Waals surface area contributed by atoms with E-state index in [0.717, 1.165) is 30.7 Å². The Kier molecular flexibility index (Phi) is 6.01. The first kappa shape index (κ1) is 15.5. The quantitative estimate of drug-likeness (QED) is 0.808. The van der Waals surface area contributed by atoms with E-state index in [2.05, 4.69) is 44.6 Å². The second-order valence-corrected chi connectivity index (χ2v) is 6.38. The monoisotopic (exact) mass is 354 g/mol. The third-order valence-corrected chi connectivity index (χ3v) is 5.08. The molecule has 0 aromatic carbocycles. The van der Waals surface area contributed by atoms with E-state index in [1.54, 1.807) is 24.6 Å². The number of ether oxygens (including phenoxy) is 1. The molecule has 0 fully saturated rings. The van der Waals surface area contributed by atoms with E-state index < -0.39 is 0 Å². The van der Waals surface area contributed by atoms with Crippen molar-refractivity contribution in [2.24, 2.45) is 0 Å². The fourth-order valence-corrected chi connectivity index (χ4v) is 3.68. The minimum Gasteiger partial charge on any atom is -0.495 e. The van der Waals surface area contributed by atoms with Crippen molar-refractivity contribution in [3.05, 3.63) is 44.8 Å². The van der Waals surface area contributed by atoms with Gasteiger partial charge >= 0.3 is 0 Å². The van der Waals surface area contributed by atoms with Gasteiger partial charge in [0.05, 0.1) is 13.3 Å². The van der Waals surface area contributed by atoms with Gasteiger partial charge in [0.2, 0.25) is 0 Å². The molecule has 20 heavy (non-hydrogen) atoms. The molecular weight excluding hydrogens is 336 g/mol. The number of aromatic nitrogens is 1. The highest BCUT2D eigenvalue weighted by molar-refractivity contribution is 9.10. The van der Waals surface area contributed by atoms with Crippen LogP contribution in [-0.4, -0.2) is 18.6 Å². The summed E-state index contributed by atoms with van der Waals surface area (Å²) in [6.45, 7) is 3.16. The van der Waals surface area contributed by atoms with Gasteiger partial charge in [-0.05, 0) is 46.4 Å². The molecule has 2 aromatic heterocycles. The molecule has 0 radical (unpaired) electrons. The highest BCUT2D eigenvalue weighted by Gasteiger charge is 2.18. The molecule has 1 N–H and O–H groups in total. The first-order valence-electron chi connectivity index (χ1n) is 6.69. The standard InChI is InChI=1S/C15H19BrN2OS/c1-3-6-18-13(9-15-12(16)5-8-20-15)11-4-7-17-10-14(11)19-2/h4-5,7-8,10,13,18H,3,6,9H2,1-2H3. The van der Waals surface area contributed by atoms with Gasteiger partial charge in [0, 0.05) is 33.6 Å². The minimum absolute atomic E-state index is 0.239. The van der Waals surface area contributed by atoms with Crippen molar-refractivity contribution < 1.29 is 4.74 Å². The zero-order valence-electron chi connectivity index (χ0n) is 11.7. The SMILES string of the molecule is CCCNC(Cc1sccc1Br)c1ccncc1OC. The maximum atomic E-state index is 5.44. The Morgan fingerprint density at radius 1 is 1.45 bits per heavy atom. The lowest BCUT2D eigenvalue weighted by Gasteiger charge is -2.20. The minimum atomic E-state index is 0.239. The molecule has 0 saturated heterocycles. The van der Waals surface area contributed by atoms with Crippen LogP contribution in [0.1, 0.15) is 29.8 Å². The first-order valence-corrected chi connectivity index (χ1v) is 8.36. The van der Waals surface area contributed by atoms with Crippen LogP contribution >= 0.6 is 27.3 Å². The Hall–Kier alpha value is -0.910. The molecule has 1 unspecified atom stereocenters. The van der Waals surface area contributed by atoms with Gasteiger partial charge in [0.25, 0.3) is 0 Å². The molecule has 0 amide bonds. The molecule has 0 aliphatic rings. The lowest BCUT2D eigenvalue weighted by Crippen LogP contribution is -2.24. The van der Waals surface area contributed by atoms with E-state index in [-0.39, 0.29) is 6.04 Å². The fourth-order valence-electron chi connectivity index (χ4n) is 2.12. The summed E-state index contributed by atoms with van der Waals surface area (Å²) in [5.41, 5.74) is 1.16. The van der Waals surface area contributed by atoms with Gasteiger partial charge in [-0.25, -0.2) is 0 Å². The van der Waals surface area contributed by atoms with E-state index >= 15 is 0 Å². The fraction of sp³-hybridized carbons (Fsp3) is 0.400. The Labute approximate surface area is 132 Å². The van der Waals surface area contributed by atoms with Gasteiger partial charge in [0.1, 0.15) is 5.75 Å². The van der Waals surface area contributed by atoms with Gasteiger partial charge in [-0.2, -0.15) is 0 Å². The number of hydrogen-bond donors (Lipinski definition) is 1. The highest BCUT2D eigenvalue weighted by Crippen LogP contribution is 2.31. The van der Waals surface area contributed by atoms with Gasteiger partial charge < -0.3 is 10.1 Å². The molecule has 2 heterocycles. The van der Waals surface area contributed by atoms with Gasteiger partial charge in [-0.1, -0.05) is 6.92 Å². The Morgan fingerprint density at radius 3 is 2.95 bits per heavy atom. The Bertz CT molecular complexity index is 544. The molecule has 2 aromatic rings. The largest absolute Gasteiger partial charge is 0.495 e. The van der Waals surface area contributed by atoms with Crippen molar-refractivity contribution in [1.29, 1.82) is 0 Å². The smallest absolute Gasteiger partial charge is 0.141 e. The molecule has 0 bridgehead atoms. The van der Waals surface area contributed by atoms with Crippen LogP contribution in [-0.2, 0) is 6.42 Å². The lowest BCUT2D eigenvalue weighted by molar-refractivity contribution is 0.396. The maximum absolute atomic E-state index is 5.44. The van der Waals surface area contributed by atoms with Crippen LogP contribution in [0.15, 0.2) is 34.4 Å². The lowest BCUT2D eigenvalue weighted by atomic mass is 10.0. The van der Waals surface area contributed by atoms with Gasteiger partial charge in [0.15, 0.2) is 0 Å². The molecule has 0 aliphatic carbocycles. The predicted molar refractivity (Wildman–Crippen MR) is 87.5 cm³/mol. The Morgan fingerprint density at radius 2 is 2.30 bits per heavy atom. The van der Waals surface area contributed by atoms with Crippen LogP contribution in [0.3, 0.4) is 0 Å². The Balaban J connectivity index is 2.24. The molecule has 5 heteroatoms. The summed E-state index contributed by atoms with van der Waals surface area (Å²) in [6, 6.07) is 4.37. The summed E-state index contributed by atoms with van der Waals surface area (Å²) < 4.78 is 6.62. The number of rotatable bonds is 7. The van der Waals surface area contributed by atoms with E-state index in [1.807, 2.05) is 12.3 Å². The summed E-state index contributed by atoms with van der Waals surface area (Å²) in [5.74, 6) is 0.841. The molecule has 0 saturated carbocycles. The van der Waals surface area contributed by atoms with Crippen LogP contribution in [0.5, 0.6) is 5.75 Å². The first-order chi connectivity index (χ1) is 9.76. The number of thiophene rings is 1. The normalized spacial score (nSPS) is 12.3. The summed E-state index contributed by atoms with van der Waals surface area (Å²) in [6.07, 6.45) is 5.65. The van der Waals surface area contributed by atoms with Crippen molar-refractivity contribution in [2.45, 2.75) is 25.8 Å². The summed E-state index contributed by atoms with van der Waals surface area (Å²) in [4.78, 5) is 5.48. The van der Waals surface area contributed by atoms with Crippen molar-refractivity contribution >= 4 is 27.3 Å². The third kappa shape index (κ3) is 3.81. The topological polar surface area (TPSA) is 34.2 Å². The zero-order valence-corrected chi connectivity index (χ0v) is 14.1. The maximum Gasteiger partial charge on any atom is 0.141 e. The van der Waals surface area contributed by atoms with Crippen LogP contribution in [0.25, 0.3) is 0 Å². The molecule has 108 valence electrons. The highest BCUT2D eigenvalue weighted by atomic mass is 79.9. The van der Waals surface area contributed by atoms with Crippen LogP contribution in [0.2, 0.25) is 0 Å². The summed E-state index contributed by atoms with van der Waals surface area (Å²) in [5, 5.41) is 5.72. The number of methoxy groups -OCH3 is 1. The number of nitrogens with one attached hydrogen (secondary N) is 1. The molecule has 3 nitrogen and oxygen atoms in total. The molecule has 2 rings (SSSR count). The number of hydrogen-bond acceptors (Lipinski definition) is 4. The molecule has 0 aliphatic heterocycles. The second-order valence-electron chi connectivity index (χ2n) is 4.52. The predicted octanol–water partition coefficient (Wildman–Crippen LogP) is 4.20. The van der Waals surface area contributed by atoms with E-state index in [0.29, 0.717) is 0 Å². The molecule has 1 atom stereocenters. The van der Waals surface area contributed by atoms with E-state index in [9.17, 15) is 0 Å². The van der Waals surface area contributed by atoms with Crippen molar-refractivity contribution in [1.82, 2.24) is 10.3 Å². The summed E-state index contributed by atoms with van der Waals surface area (Å²) >= 11 is 5.39. The summed E-state index contributed by atoms with van der Waals surface area (Å²) in [7, 11) is 1.69. The molecule has 0 spiro atoms. The number of halogens is 1. The van der Waals surface area contributed by atoms with Crippen molar-refractivity contribution in [2.75, 3.05) is 13.7 Å². The van der Waals surface area contributed by atoms with Crippen molar-refractivity contribution in [3.63, 3.8) is 0 Å². The zero-order chi connectivity index (χ0) is 14.4.